The largest absolute Gasteiger partial charge is 0.381 e. The first-order valence-electron chi connectivity index (χ1n) is 6.67. The van der Waals surface area contributed by atoms with Crippen molar-refractivity contribution in [1.29, 1.82) is 0 Å². The number of methoxy groups -OCH3 is 1. The van der Waals surface area contributed by atoms with Gasteiger partial charge < -0.3 is 9.47 Å². The molecule has 1 aliphatic rings. The molecule has 0 bridgehead atoms. The Morgan fingerprint density at radius 2 is 1.89 bits per heavy atom. The fraction of sp³-hybridized carbons (Fsp3) is 0.714. The third kappa shape index (κ3) is 2.76. The van der Waals surface area contributed by atoms with Crippen LogP contribution in [-0.2, 0) is 15.1 Å². The van der Waals surface area contributed by atoms with Crippen molar-refractivity contribution in [1.82, 2.24) is 9.97 Å². The number of aryl methyl sites for hydroxylation is 1. The summed E-state index contributed by atoms with van der Waals surface area (Å²) in [6, 6.07) is 0. The summed E-state index contributed by atoms with van der Waals surface area (Å²) in [5.41, 5.74) is 1.50. The monoisotopic (exact) mass is 284 g/mol. The molecular formula is C14H21ClN2O2. The molecule has 1 saturated heterocycles. The number of nitrogens with zero attached hydrogens (tertiary/aromatic N) is 2. The summed E-state index contributed by atoms with van der Waals surface area (Å²) in [4.78, 5) is 9.14. The fourth-order valence-electron chi connectivity index (χ4n) is 2.63. The first-order chi connectivity index (χ1) is 9.00. The number of rotatable bonds is 3. The fourth-order valence-corrected chi connectivity index (χ4v) is 3.06. The van der Waals surface area contributed by atoms with E-state index >= 15 is 0 Å². The lowest BCUT2D eigenvalue weighted by Gasteiger charge is -2.34. The van der Waals surface area contributed by atoms with Crippen LogP contribution in [0, 0.1) is 6.92 Å². The maximum Gasteiger partial charge on any atom is 0.162 e. The summed E-state index contributed by atoms with van der Waals surface area (Å²) in [7, 11) is 1.70. The average Bonchev–Trinajstić information content (AvgIpc) is 2.38. The Bertz CT molecular complexity index is 434. The standard InChI is InChI=1S/C14H21ClN2O2/c1-9(2)11-10(3)16-13(17-12(11)15)14(18-4)5-7-19-8-6-14/h9H,5-8H2,1-4H3. The number of halogens is 1. The van der Waals surface area contributed by atoms with Crippen molar-refractivity contribution >= 4 is 11.6 Å². The Morgan fingerprint density at radius 3 is 2.37 bits per heavy atom. The molecular weight excluding hydrogens is 264 g/mol. The molecule has 5 heteroatoms. The molecule has 2 rings (SSSR count). The van der Waals surface area contributed by atoms with Gasteiger partial charge in [0.05, 0.1) is 0 Å². The van der Waals surface area contributed by atoms with Crippen LogP contribution >= 0.6 is 11.6 Å². The maximum atomic E-state index is 6.33. The van der Waals surface area contributed by atoms with Crippen LogP contribution in [0.3, 0.4) is 0 Å². The van der Waals surface area contributed by atoms with E-state index in [1.54, 1.807) is 7.11 Å². The van der Waals surface area contributed by atoms with Gasteiger partial charge in [-0.3, -0.25) is 0 Å². The molecule has 4 nitrogen and oxygen atoms in total. The molecule has 106 valence electrons. The van der Waals surface area contributed by atoms with Gasteiger partial charge in [0.2, 0.25) is 0 Å². The lowest BCUT2D eigenvalue weighted by molar-refractivity contribution is -0.100. The summed E-state index contributed by atoms with van der Waals surface area (Å²) < 4.78 is 11.1. The van der Waals surface area contributed by atoms with Gasteiger partial charge in [0.1, 0.15) is 10.8 Å². The van der Waals surface area contributed by atoms with Crippen molar-refractivity contribution in [3.8, 4) is 0 Å². The molecule has 1 fully saturated rings. The van der Waals surface area contributed by atoms with Crippen molar-refractivity contribution < 1.29 is 9.47 Å². The summed E-state index contributed by atoms with van der Waals surface area (Å²) in [6.07, 6.45) is 1.53. The third-order valence-corrected chi connectivity index (χ3v) is 4.05. The minimum atomic E-state index is -0.456. The zero-order valence-corrected chi connectivity index (χ0v) is 12.8. The summed E-state index contributed by atoms with van der Waals surface area (Å²) in [5.74, 6) is 1.000. The lowest BCUT2D eigenvalue weighted by atomic mass is 9.92. The Morgan fingerprint density at radius 1 is 1.26 bits per heavy atom. The summed E-state index contributed by atoms with van der Waals surface area (Å²) in [5, 5.41) is 0.542. The first-order valence-corrected chi connectivity index (χ1v) is 7.05. The molecule has 0 unspecified atom stereocenters. The van der Waals surface area contributed by atoms with E-state index in [9.17, 15) is 0 Å². The van der Waals surface area contributed by atoms with Crippen molar-refractivity contribution in [2.45, 2.75) is 45.1 Å². The quantitative estimate of drug-likeness (QED) is 0.800. The zero-order valence-electron chi connectivity index (χ0n) is 12.0. The Labute approximate surface area is 119 Å². The van der Waals surface area contributed by atoms with Gasteiger partial charge in [-0.15, -0.1) is 0 Å². The SMILES string of the molecule is COC1(c2nc(C)c(C(C)C)c(Cl)n2)CCOCC1. The Balaban J connectivity index is 2.45. The molecule has 2 heterocycles. The van der Waals surface area contributed by atoms with Crippen molar-refractivity contribution in [2.75, 3.05) is 20.3 Å². The van der Waals surface area contributed by atoms with Crippen molar-refractivity contribution in [3.05, 3.63) is 22.2 Å². The molecule has 0 N–H and O–H groups in total. The Kier molecular flexibility index (Phi) is 4.43. The second-order valence-corrected chi connectivity index (χ2v) is 5.66. The van der Waals surface area contributed by atoms with Crippen LogP contribution < -0.4 is 0 Å². The van der Waals surface area contributed by atoms with E-state index in [0.29, 0.717) is 30.1 Å². The molecule has 0 radical (unpaired) electrons. The molecule has 0 amide bonds. The van der Waals surface area contributed by atoms with E-state index in [2.05, 4.69) is 23.8 Å². The second-order valence-electron chi connectivity index (χ2n) is 5.30. The van der Waals surface area contributed by atoms with Gasteiger partial charge in [0.25, 0.3) is 0 Å². The van der Waals surface area contributed by atoms with Crippen molar-refractivity contribution in [2.24, 2.45) is 0 Å². The minimum Gasteiger partial charge on any atom is -0.381 e. The van der Waals surface area contributed by atoms with Crippen LogP contribution in [-0.4, -0.2) is 30.3 Å². The van der Waals surface area contributed by atoms with E-state index in [1.165, 1.54) is 0 Å². The molecule has 0 atom stereocenters. The van der Waals surface area contributed by atoms with Gasteiger partial charge in [0.15, 0.2) is 5.82 Å². The van der Waals surface area contributed by atoms with Gasteiger partial charge in [-0.2, -0.15) is 0 Å². The van der Waals surface area contributed by atoms with E-state index in [0.717, 1.165) is 24.1 Å². The van der Waals surface area contributed by atoms with Gasteiger partial charge in [-0.1, -0.05) is 25.4 Å². The van der Waals surface area contributed by atoms with Gasteiger partial charge in [0, 0.05) is 44.4 Å². The highest BCUT2D eigenvalue weighted by Crippen LogP contribution is 2.35. The number of aromatic nitrogens is 2. The average molecular weight is 285 g/mol. The Hall–Kier alpha value is -0.710. The van der Waals surface area contributed by atoms with Crippen LogP contribution in [0.2, 0.25) is 5.15 Å². The molecule has 0 spiro atoms. The van der Waals surface area contributed by atoms with E-state index < -0.39 is 5.60 Å². The topological polar surface area (TPSA) is 44.2 Å². The summed E-state index contributed by atoms with van der Waals surface area (Å²) >= 11 is 6.33. The van der Waals surface area contributed by atoms with E-state index in [-0.39, 0.29) is 0 Å². The number of hydrogen-bond donors (Lipinski definition) is 0. The predicted octanol–water partition coefficient (Wildman–Crippen LogP) is 3.21. The molecule has 1 aliphatic heterocycles. The molecule has 1 aromatic rings. The second kappa shape index (κ2) is 5.73. The number of hydrogen-bond acceptors (Lipinski definition) is 4. The van der Waals surface area contributed by atoms with Gasteiger partial charge in [-0.05, 0) is 12.8 Å². The van der Waals surface area contributed by atoms with Crippen LogP contribution in [0.25, 0.3) is 0 Å². The molecule has 1 aromatic heterocycles. The van der Waals surface area contributed by atoms with Crippen LogP contribution in [0.4, 0.5) is 0 Å². The van der Waals surface area contributed by atoms with Crippen LogP contribution in [0.15, 0.2) is 0 Å². The van der Waals surface area contributed by atoms with Crippen molar-refractivity contribution in [3.63, 3.8) is 0 Å². The predicted molar refractivity (Wildman–Crippen MR) is 74.6 cm³/mol. The molecule has 0 aliphatic carbocycles. The maximum absolute atomic E-state index is 6.33. The minimum absolute atomic E-state index is 0.315. The highest BCUT2D eigenvalue weighted by atomic mass is 35.5. The highest BCUT2D eigenvalue weighted by Gasteiger charge is 2.38. The number of ether oxygens (including phenoxy) is 2. The van der Waals surface area contributed by atoms with Crippen LogP contribution in [0.1, 0.15) is 49.7 Å². The highest BCUT2D eigenvalue weighted by molar-refractivity contribution is 6.30. The summed E-state index contributed by atoms with van der Waals surface area (Å²) in [6.45, 7) is 7.50. The van der Waals surface area contributed by atoms with E-state index in [1.807, 2.05) is 6.92 Å². The van der Waals surface area contributed by atoms with Crippen LogP contribution in [0.5, 0.6) is 0 Å². The molecule has 0 aromatic carbocycles. The molecule has 0 saturated carbocycles. The molecule has 19 heavy (non-hydrogen) atoms. The smallest absolute Gasteiger partial charge is 0.162 e. The first kappa shape index (κ1) is 14.7. The normalized spacial score (nSPS) is 18.8. The van der Waals surface area contributed by atoms with Gasteiger partial charge >= 0.3 is 0 Å². The van der Waals surface area contributed by atoms with Gasteiger partial charge in [-0.25, -0.2) is 9.97 Å². The zero-order chi connectivity index (χ0) is 14.0. The third-order valence-electron chi connectivity index (χ3n) is 3.77. The van der Waals surface area contributed by atoms with E-state index in [4.69, 9.17) is 21.1 Å². The lowest BCUT2D eigenvalue weighted by Crippen LogP contribution is -2.37.